The standard InChI is InChI=1S/C17H36N4O2.HI/c1-15(2)14-23-11-6-8-19-17(18-3)20-13-16-7-5-9-21(16)10-12-22-4;/h15-16H,5-14H2,1-4H3,(H2,18,19,20);1H. The van der Waals surface area contributed by atoms with Crippen molar-refractivity contribution in [1.82, 2.24) is 15.5 Å². The number of guanidine groups is 1. The van der Waals surface area contributed by atoms with E-state index in [1.807, 2.05) is 7.05 Å². The molecule has 1 saturated heterocycles. The smallest absolute Gasteiger partial charge is 0.191 e. The maximum atomic E-state index is 5.58. The molecule has 1 fully saturated rings. The van der Waals surface area contributed by atoms with Crippen LogP contribution >= 0.6 is 24.0 Å². The lowest BCUT2D eigenvalue weighted by atomic mass is 10.2. The minimum absolute atomic E-state index is 0. The molecule has 0 aromatic heterocycles. The number of ether oxygens (including phenoxy) is 2. The summed E-state index contributed by atoms with van der Waals surface area (Å²) in [6.07, 6.45) is 3.52. The third kappa shape index (κ3) is 10.7. The molecule has 1 atom stereocenters. The molecule has 144 valence electrons. The first-order valence-corrected chi connectivity index (χ1v) is 8.92. The molecule has 0 bridgehead atoms. The SMILES string of the molecule is CN=C(NCCCOCC(C)C)NCC1CCCN1CCOC.I. The number of rotatable bonds is 11. The molecular formula is C17H37IN4O2. The van der Waals surface area contributed by atoms with E-state index < -0.39 is 0 Å². The van der Waals surface area contributed by atoms with Crippen LogP contribution in [0, 0.1) is 5.92 Å². The molecule has 6 nitrogen and oxygen atoms in total. The molecule has 0 spiro atoms. The van der Waals surface area contributed by atoms with E-state index in [9.17, 15) is 0 Å². The van der Waals surface area contributed by atoms with Gasteiger partial charge in [0, 0.05) is 53.0 Å². The Morgan fingerprint density at radius 1 is 1.29 bits per heavy atom. The molecular weight excluding hydrogens is 419 g/mol. The van der Waals surface area contributed by atoms with Gasteiger partial charge in [0.25, 0.3) is 0 Å². The Balaban J connectivity index is 0.00000529. The van der Waals surface area contributed by atoms with Crippen molar-refractivity contribution in [3.05, 3.63) is 0 Å². The molecule has 0 aromatic rings. The molecule has 0 saturated carbocycles. The largest absolute Gasteiger partial charge is 0.383 e. The van der Waals surface area contributed by atoms with Crippen molar-refractivity contribution in [1.29, 1.82) is 0 Å². The van der Waals surface area contributed by atoms with E-state index in [-0.39, 0.29) is 24.0 Å². The summed E-state index contributed by atoms with van der Waals surface area (Å²) in [6.45, 7) is 10.8. The predicted octanol–water partition coefficient (Wildman–Crippen LogP) is 1.94. The summed E-state index contributed by atoms with van der Waals surface area (Å²) in [5.41, 5.74) is 0. The lowest BCUT2D eigenvalue weighted by Gasteiger charge is -2.25. The first kappa shape index (κ1) is 23.9. The molecule has 0 aromatic carbocycles. The number of hydrogen-bond donors (Lipinski definition) is 2. The van der Waals surface area contributed by atoms with Crippen LogP contribution < -0.4 is 10.6 Å². The molecule has 2 N–H and O–H groups in total. The van der Waals surface area contributed by atoms with E-state index in [1.165, 1.54) is 19.4 Å². The van der Waals surface area contributed by atoms with Crippen LogP contribution in [-0.2, 0) is 9.47 Å². The lowest BCUT2D eigenvalue weighted by molar-refractivity contribution is 0.108. The fourth-order valence-electron chi connectivity index (χ4n) is 2.76. The molecule has 0 amide bonds. The monoisotopic (exact) mass is 456 g/mol. The first-order chi connectivity index (χ1) is 11.2. The summed E-state index contributed by atoms with van der Waals surface area (Å²) in [7, 11) is 3.59. The predicted molar refractivity (Wildman–Crippen MR) is 112 cm³/mol. The van der Waals surface area contributed by atoms with E-state index in [4.69, 9.17) is 9.47 Å². The Morgan fingerprint density at radius 2 is 2.08 bits per heavy atom. The van der Waals surface area contributed by atoms with Crippen molar-refractivity contribution in [2.75, 3.05) is 60.2 Å². The summed E-state index contributed by atoms with van der Waals surface area (Å²) >= 11 is 0. The summed E-state index contributed by atoms with van der Waals surface area (Å²) in [5, 5.41) is 6.80. The average molecular weight is 456 g/mol. The summed E-state index contributed by atoms with van der Waals surface area (Å²) in [5.74, 6) is 1.48. The highest BCUT2D eigenvalue weighted by Gasteiger charge is 2.23. The summed E-state index contributed by atoms with van der Waals surface area (Å²) in [4.78, 5) is 6.80. The van der Waals surface area contributed by atoms with Gasteiger partial charge in [-0.1, -0.05) is 13.8 Å². The molecule has 1 rings (SSSR count). The Labute approximate surface area is 165 Å². The van der Waals surface area contributed by atoms with E-state index in [0.29, 0.717) is 12.0 Å². The Hall–Kier alpha value is -0.120. The Kier molecular flexibility index (Phi) is 15.1. The molecule has 1 aliphatic rings. The molecule has 1 heterocycles. The minimum Gasteiger partial charge on any atom is -0.383 e. The molecule has 0 aliphatic carbocycles. The average Bonchev–Trinajstić information content (AvgIpc) is 2.98. The fraction of sp³-hybridized carbons (Fsp3) is 0.941. The highest BCUT2D eigenvalue weighted by Crippen LogP contribution is 2.15. The Bertz CT molecular complexity index is 330. The van der Waals surface area contributed by atoms with Gasteiger partial charge >= 0.3 is 0 Å². The van der Waals surface area contributed by atoms with Crippen LogP contribution in [0.3, 0.4) is 0 Å². The van der Waals surface area contributed by atoms with Crippen LogP contribution in [0.5, 0.6) is 0 Å². The number of likely N-dealkylation sites (tertiary alicyclic amines) is 1. The van der Waals surface area contributed by atoms with Crippen molar-refractivity contribution in [2.45, 2.75) is 39.2 Å². The number of methoxy groups -OCH3 is 1. The van der Waals surface area contributed by atoms with Gasteiger partial charge in [0.15, 0.2) is 5.96 Å². The van der Waals surface area contributed by atoms with Gasteiger partial charge < -0.3 is 20.1 Å². The molecule has 24 heavy (non-hydrogen) atoms. The topological polar surface area (TPSA) is 58.1 Å². The van der Waals surface area contributed by atoms with Gasteiger partial charge in [-0.3, -0.25) is 9.89 Å². The molecule has 7 heteroatoms. The van der Waals surface area contributed by atoms with Gasteiger partial charge in [0.1, 0.15) is 0 Å². The molecule has 1 aliphatic heterocycles. The second kappa shape index (κ2) is 15.2. The zero-order valence-corrected chi connectivity index (χ0v) is 18.2. The number of aliphatic imine (C=N–C) groups is 1. The minimum atomic E-state index is 0. The van der Waals surface area contributed by atoms with Crippen molar-refractivity contribution < 1.29 is 9.47 Å². The van der Waals surface area contributed by atoms with Crippen LogP contribution in [-0.4, -0.2) is 77.1 Å². The van der Waals surface area contributed by atoms with E-state index in [1.54, 1.807) is 7.11 Å². The van der Waals surface area contributed by atoms with Gasteiger partial charge in [0.05, 0.1) is 6.61 Å². The van der Waals surface area contributed by atoms with Crippen LogP contribution in [0.2, 0.25) is 0 Å². The van der Waals surface area contributed by atoms with Crippen LogP contribution in [0.25, 0.3) is 0 Å². The molecule has 0 radical (unpaired) electrons. The van der Waals surface area contributed by atoms with Crippen molar-refractivity contribution in [2.24, 2.45) is 10.9 Å². The van der Waals surface area contributed by atoms with E-state index in [2.05, 4.69) is 34.4 Å². The second-order valence-electron chi connectivity index (χ2n) is 6.53. The first-order valence-electron chi connectivity index (χ1n) is 8.92. The van der Waals surface area contributed by atoms with Gasteiger partial charge in [0.2, 0.25) is 0 Å². The number of hydrogen-bond acceptors (Lipinski definition) is 4. The second-order valence-corrected chi connectivity index (χ2v) is 6.53. The summed E-state index contributed by atoms with van der Waals surface area (Å²) in [6, 6.07) is 0.582. The zero-order chi connectivity index (χ0) is 16.9. The van der Waals surface area contributed by atoms with Crippen LogP contribution in [0.1, 0.15) is 33.1 Å². The maximum absolute atomic E-state index is 5.58. The number of nitrogens with zero attached hydrogens (tertiary/aromatic N) is 2. The quantitative estimate of drug-likeness (QED) is 0.216. The van der Waals surface area contributed by atoms with Gasteiger partial charge in [-0.2, -0.15) is 0 Å². The lowest BCUT2D eigenvalue weighted by Crippen LogP contribution is -2.45. The van der Waals surface area contributed by atoms with E-state index in [0.717, 1.165) is 51.8 Å². The van der Waals surface area contributed by atoms with Gasteiger partial charge in [-0.15, -0.1) is 24.0 Å². The maximum Gasteiger partial charge on any atom is 0.191 e. The third-order valence-electron chi connectivity index (χ3n) is 4.02. The highest BCUT2D eigenvalue weighted by molar-refractivity contribution is 14.0. The third-order valence-corrected chi connectivity index (χ3v) is 4.02. The zero-order valence-electron chi connectivity index (χ0n) is 15.8. The fourth-order valence-corrected chi connectivity index (χ4v) is 2.76. The van der Waals surface area contributed by atoms with Crippen molar-refractivity contribution in [3.8, 4) is 0 Å². The normalized spacial score (nSPS) is 18.7. The number of halogens is 1. The van der Waals surface area contributed by atoms with Crippen LogP contribution in [0.15, 0.2) is 4.99 Å². The van der Waals surface area contributed by atoms with Gasteiger partial charge in [-0.05, 0) is 31.7 Å². The van der Waals surface area contributed by atoms with Crippen molar-refractivity contribution >= 4 is 29.9 Å². The number of nitrogens with one attached hydrogen (secondary N) is 2. The summed E-state index contributed by atoms with van der Waals surface area (Å²) < 4.78 is 10.8. The van der Waals surface area contributed by atoms with E-state index >= 15 is 0 Å². The van der Waals surface area contributed by atoms with Crippen molar-refractivity contribution in [3.63, 3.8) is 0 Å². The van der Waals surface area contributed by atoms with Gasteiger partial charge in [-0.25, -0.2) is 0 Å². The van der Waals surface area contributed by atoms with Crippen LogP contribution in [0.4, 0.5) is 0 Å². The molecule has 1 unspecified atom stereocenters. The highest BCUT2D eigenvalue weighted by atomic mass is 127. The Morgan fingerprint density at radius 3 is 2.75 bits per heavy atom.